The Bertz CT molecular complexity index is 730. The van der Waals surface area contributed by atoms with Gasteiger partial charge < -0.3 is 10.3 Å². The summed E-state index contributed by atoms with van der Waals surface area (Å²) in [7, 11) is 0. The van der Waals surface area contributed by atoms with Gasteiger partial charge in [0.15, 0.2) is 0 Å². The fraction of sp³-hybridized carbons (Fsp3) is 0.294. The fourth-order valence-electron chi connectivity index (χ4n) is 2.88. The van der Waals surface area contributed by atoms with Crippen molar-refractivity contribution in [2.75, 3.05) is 0 Å². The Balaban J connectivity index is 0.00000147. The van der Waals surface area contributed by atoms with Gasteiger partial charge in [-0.25, -0.2) is 0 Å². The summed E-state index contributed by atoms with van der Waals surface area (Å²) >= 11 is 0. The van der Waals surface area contributed by atoms with Crippen LogP contribution in [0.5, 0.6) is 0 Å². The summed E-state index contributed by atoms with van der Waals surface area (Å²) in [6.07, 6.45) is 0.970. The Labute approximate surface area is 126 Å². The summed E-state index contributed by atoms with van der Waals surface area (Å²) in [6.45, 7) is 5.31. The van der Waals surface area contributed by atoms with Gasteiger partial charge in [0, 0.05) is 34.4 Å². The van der Waals surface area contributed by atoms with Gasteiger partial charge in [-0.2, -0.15) is 0 Å². The number of aromatic nitrogens is 1. The molecule has 0 aliphatic rings. The molecule has 0 radical (unpaired) electrons. The van der Waals surface area contributed by atoms with Crippen LogP contribution in [0.25, 0.3) is 21.8 Å². The highest BCUT2D eigenvalue weighted by Gasteiger charge is 2.11. The molecule has 0 amide bonds. The van der Waals surface area contributed by atoms with Gasteiger partial charge in [-0.3, -0.25) is 0 Å². The number of hydrogen-bond donors (Lipinski definition) is 1. The Morgan fingerprint density at radius 2 is 1.70 bits per heavy atom. The molecule has 1 heterocycles. The van der Waals surface area contributed by atoms with E-state index in [-0.39, 0.29) is 18.4 Å². The van der Waals surface area contributed by atoms with Crippen LogP contribution < -0.4 is 5.73 Å². The van der Waals surface area contributed by atoms with Crippen LogP contribution in [0.2, 0.25) is 0 Å². The van der Waals surface area contributed by atoms with E-state index in [1.807, 2.05) is 0 Å². The lowest BCUT2D eigenvalue weighted by Gasteiger charge is -2.09. The zero-order valence-corrected chi connectivity index (χ0v) is 12.8. The van der Waals surface area contributed by atoms with Crippen LogP contribution in [0.15, 0.2) is 42.5 Å². The quantitative estimate of drug-likeness (QED) is 0.747. The molecule has 3 aromatic rings. The Hall–Kier alpha value is -1.51. The number of benzene rings is 2. The molecule has 0 fully saturated rings. The van der Waals surface area contributed by atoms with Gasteiger partial charge in [-0.1, -0.05) is 31.2 Å². The fourth-order valence-corrected chi connectivity index (χ4v) is 2.88. The second-order valence-electron chi connectivity index (χ2n) is 5.05. The van der Waals surface area contributed by atoms with E-state index in [1.54, 1.807) is 0 Å². The number of hydrogen-bond acceptors (Lipinski definition) is 1. The molecular formula is C17H21ClN2. The summed E-state index contributed by atoms with van der Waals surface area (Å²) in [4.78, 5) is 0. The van der Waals surface area contributed by atoms with Gasteiger partial charge in [0.05, 0.1) is 0 Å². The first-order valence-corrected chi connectivity index (χ1v) is 7.02. The lowest BCUT2D eigenvalue weighted by molar-refractivity contribution is 0.699. The minimum atomic E-state index is 0. The molecule has 3 heteroatoms. The van der Waals surface area contributed by atoms with Crippen molar-refractivity contribution >= 4 is 34.2 Å². The molecule has 0 saturated carbocycles. The van der Waals surface area contributed by atoms with Crippen molar-refractivity contribution in [2.24, 2.45) is 5.73 Å². The molecule has 0 spiro atoms. The summed E-state index contributed by atoms with van der Waals surface area (Å²) in [6, 6.07) is 15.4. The highest BCUT2D eigenvalue weighted by molar-refractivity contribution is 6.08. The van der Waals surface area contributed by atoms with Crippen LogP contribution in [0.4, 0.5) is 0 Å². The predicted molar refractivity (Wildman–Crippen MR) is 89.6 cm³/mol. The van der Waals surface area contributed by atoms with E-state index in [2.05, 4.69) is 60.9 Å². The normalized spacial score (nSPS) is 12.6. The molecule has 0 aliphatic carbocycles. The minimum Gasteiger partial charge on any atom is -0.341 e. The molecule has 3 rings (SSSR count). The molecule has 0 unspecified atom stereocenters. The van der Waals surface area contributed by atoms with Crippen molar-refractivity contribution in [1.29, 1.82) is 0 Å². The number of rotatable bonds is 3. The summed E-state index contributed by atoms with van der Waals surface area (Å²) < 4.78 is 2.37. The highest BCUT2D eigenvalue weighted by Crippen LogP contribution is 2.31. The molecule has 2 aromatic carbocycles. The van der Waals surface area contributed by atoms with Gasteiger partial charge in [-0.15, -0.1) is 12.4 Å². The Kier molecular flexibility index (Phi) is 4.36. The number of nitrogens with zero attached hydrogens (tertiary/aromatic N) is 1. The predicted octanol–water partition coefficient (Wildman–Crippen LogP) is 4.65. The largest absolute Gasteiger partial charge is 0.341 e. The third-order valence-electron chi connectivity index (χ3n) is 3.98. The highest BCUT2D eigenvalue weighted by atomic mass is 35.5. The SMILES string of the molecule is CC[C@H](N)c1ccc2c(c1)c1ccccc1n2CC.Cl. The maximum Gasteiger partial charge on any atom is 0.0491 e. The Morgan fingerprint density at radius 1 is 1.00 bits per heavy atom. The van der Waals surface area contributed by atoms with Gasteiger partial charge >= 0.3 is 0 Å². The van der Waals surface area contributed by atoms with E-state index in [0.29, 0.717) is 0 Å². The van der Waals surface area contributed by atoms with E-state index in [4.69, 9.17) is 5.73 Å². The van der Waals surface area contributed by atoms with Gasteiger partial charge in [0.2, 0.25) is 0 Å². The zero-order valence-electron chi connectivity index (χ0n) is 12.0. The van der Waals surface area contributed by atoms with Crippen LogP contribution in [-0.2, 0) is 6.54 Å². The Morgan fingerprint density at radius 3 is 2.40 bits per heavy atom. The molecule has 1 aromatic heterocycles. The maximum absolute atomic E-state index is 6.16. The number of fused-ring (bicyclic) bond motifs is 3. The number of nitrogens with two attached hydrogens (primary N) is 1. The molecule has 0 aliphatic heterocycles. The first-order chi connectivity index (χ1) is 9.26. The van der Waals surface area contributed by atoms with Crippen molar-refractivity contribution in [3.63, 3.8) is 0 Å². The monoisotopic (exact) mass is 288 g/mol. The third kappa shape index (κ3) is 2.19. The first kappa shape index (κ1) is 14.9. The lowest BCUT2D eigenvalue weighted by atomic mass is 10.0. The molecule has 2 N–H and O–H groups in total. The van der Waals surface area contributed by atoms with Crippen molar-refractivity contribution in [2.45, 2.75) is 32.9 Å². The minimum absolute atomic E-state index is 0. The van der Waals surface area contributed by atoms with Crippen LogP contribution >= 0.6 is 12.4 Å². The zero-order chi connectivity index (χ0) is 13.4. The van der Waals surface area contributed by atoms with E-state index in [1.165, 1.54) is 27.4 Å². The smallest absolute Gasteiger partial charge is 0.0491 e. The molecular weight excluding hydrogens is 268 g/mol. The van der Waals surface area contributed by atoms with Crippen LogP contribution in [0.3, 0.4) is 0 Å². The molecule has 0 saturated heterocycles. The molecule has 0 bridgehead atoms. The van der Waals surface area contributed by atoms with E-state index < -0.39 is 0 Å². The topological polar surface area (TPSA) is 30.9 Å². The average molecular weight is 289 g/mol. The third-order valence-corrected chi connectivity index (χ3v) is 3.98. The number of aryl methyl sites for hydroxylation is 1. The maximum atomic E-state index is 6.16. The van der Waals surface area contributed by atoms with E-state index >= 15 is 0 Å². The van der Waals surface area contributed by atoms with Crippen molar-refractivity contribution in [1.82, 2.24) is 4.57 Å². The van der Waals surface area contributed by atoms with Crippen LogP contribution in [-0.4, -0.2) is 4.57 Å². The van der Waals surface area contributed by atoms with Crippen molar-refractivity contribution < 1.29 is 0 Å². The summed E-state index contributed by atoms with van der Waals surface area (Å²) in [5.41, 5.74) is 10.0. The van der Waals surface area contributed by atoms with Gasteiger partial charge in [0.25, 0.3) is 0 Å². The standard InChI is InChI=1S/C17H20N2.ClH/c1-3-15(18)12-9-10-17-14(11-12)13-7-5-6-8-16(13)19(17)4-2;/h5-11,15H,3-4,18H2,1-2H3;1H/t15-;/m0./s1. The second-order valence-corrected chi connectivity index (χ2v) is 5.05. The first-order valence-electron chi connectivity index (χ1n) is 7.02. The lowest BCUT2D eigenvalue weighted by Crippen LogP contribution is -2.08. The van der Waals surface area contributed by atoms with Crippen molar-refractivity contribution in [3.8, 4) is 0 Å². The van der Waals surface area contributed by atoms with Crippen LogP contribution in [0.1, 0.15) is 31.9 Å². The summed E-state index contributed by atoms with van der Waals surface area (Å²) in [5, 5.41) is 2.64. The van der Waals surface area contributed by atoms with Gasteiger partial charge in [-0.05, 0) is 37.1 Å². The average Bonchev–Trinajstić information content (AvgIpc) is 2.79. The summed E-state index contributed by atoms with van der Waals surface area (Å²) in [5.74, 6) is 0. The molecule has 20 heavy (non-hydrogen) atoms. The van der Waals surface area contributed by atoms with Crippen LogP contribution in [0, 0.1) is 0 Å². The molecule has 106 valence electrons. The van der Waals surface area contributed by atoms with E-state index in [0.717, 1.165) is 13.0 Å². The number of halogens is 1. The van der Waals surface area contributed by atoms with Gasteiger partial charge in [0.1, 0.15) is 0 Å². The molecule has 2 nitrogen and oxygen atoms in total. The molecule has 1 atom stereocenters. The van der Waals surface area contributed by atoms with Crippen molar-refractivity contribution in [3.05, 3.63) is 48.0 Å². The van der Waals surface area contributed by atoms with E-state index in [9.17, 15) is 0 Å². The number of para-hydroxylation sites is 1. The second kappa shape index (κ2) is 5.86.